The highest BCUT2D eigenvalue weighted by molar-refractivity contribution is 6.30. The number of benzene rings is 2. The smallest absolute Gasteiger partial charge is 0.295 e. The van der Waals surface area contributed by atoms with Gasteiger partial charge in [0.1, 0.15) is 5.52 Å². The highest BCUT2D eigenvalue weighted by atomic mass is 35.5. The second-order valence-electron chi connectivity index (χ2n) is 4.55. The molecule has 0 saturated carbocycles. The second-order valence-corrected chi connectivity index (χ2v) is 4.99. The molecule has 0 fully saturated rings. The molecule has 0 amide bonds. The van der Waals surface area contributed by atoms with Gasteiger partial charge in [0, 0.05) is 17.3 Å². The van der Waals surface area contributed by atoms with Gasteiger partial charge in [-0.15, -0.1) is 0 Å². The number of hydrogen-bond acceptors (Lipinski definition) is 4. The Hall–Kier alpha value is -2.20. The van der Waals surface area contributed by atoms with Gasteiger partial charge in [-0.1, -0.05) is 23.7 Å². The molecule has 3 aromatic rings. The lowest BCUT2D eigenvalue weighted by Gasteiger charge is -2.02. The lowest BCUT2D eigenvalue weighted by Crippen LogP contribution is -2.04. The van der Waals surface area contributed by atoms with Crippen LogP contribution in [0.2, 0.25) is 5.02 Å². The van der Waals surface area contributed by atoms with Crippen LogP contribution in [0.25, 0.3) is 11.1 Å². The Labute approximate surface area is 121 Å². The number of nitrogens with two attached hydrogens (primary N) is 1. The number of anilines is 2. The van der Waals surface area contributed by atoms with Crippen LogP contribution in [0.4, 0.5) is 11.7 Å². The first-order chi connectivity index (χ1) is 9.70. The Bertz CT molecular complexity index is 722. The molecule has 1 aromatic heterocycles. The third-order valence-electron chi connectivity index (χ3n) is 3.01. The maximum absolute atomic E-state index is 5.85. The van der Waals surface area contributed by atoms with Gasteiger partial charge in [0.2, 0.25) is 0 Å². The van der Waals surface area contributed by atoms with Crippen molar-refractivity contribution in [1.82, 2.24) is 4.98 Å². The summed E-state index contributed by atoms with van der Waals surface area (Å²) >= 11 is 5.85. The summed E-state index contributed by atoms with van der Waals surface area (Å²) in [4.78, 5) is 4.34. The second kappa shape index (κ2) is 5.43. The van der Waals surface area contributed by atoms with Crippen LogP contribution in [-0.4, -0.2) is 11.5 Å². The average Bonchev–Trinajstić information content (AvgIpc) is 2.83. The summed E-state index contributed by atoms with van der Waals surface area (Å²) in [7, 11) is 0. The van der Waals surface area contributed by atoms with E-state index in [1.54, 1.807) is 12.1 Å². The summed E-state index contributed by atoms with van der Waals surface area (Å²) in [5.41, 5.74) is 9.09. The molecule has 3 rings (SSSR count). The predicted octanol–water partition coefficient (Wildman–Crippen LogP) is 3.72. The SMILES string of the molecule is Nc1ccc2oc(NCCc3ccc(Cl)cc3)nc2c1. The maximum Gasteiger partial charge on any atom is 0.295 e. The molecule has 3 N–H and O–H groups in total. The molecule has 0 atom stereocenters. The van der Waals surface area contributed by atoms with Crippen LogP contribution in [0.15, 0.2) is 46.9 Å². The molecule has 0 spiro atoms. The molecule has 0 unspecified atom stereocenters. The number of nitrogen functional groups attached to an aromatic ring is 1. The first kappa shape index (κ1) is 12.8. The van der Waals surface area contributed by atoms with E-state index in [1.807, 2.05) is 30.3 Å². The molecule has 0 radical (unpaired) electrons. The number of fused-ring (bicyclic) bond motifs is 1. The first-order valence-corrected chi connectivity index (χ1v) is 6.73. The molecule has 1 heterocycles. The fourth-order valence-electron chi connectivity index (χ4n) is 1.98. The van der Waals surface area contributed by atoms with Gasteiger partial charge in [-0.2, -0.15) is 4.98 Å². The van der Waals surface area contributed by atoms with Gasteiger partial charge < -0.3 is 15.5 Å². The van der Waals surface area contributed by atoms with E-state index in [4.69, 9.17) is 21.8 Å². The zero-order valence-electron chi connectivity index (χ0n) is 10.8. The van der Waals surface area contributed by atoms with Gasteiger partial charge in [0.15, 0.2) is 5.58 Å². The van der Waals surface area contributed by atoms with Gasteiger partial charge in [-0.3, -0.25) is 0 Å². The number of hydrogen-bond donors (Lipinski definition) is 2. The Balaban J connectivity index is 1.63. The minimum absolute atomic E-state index is 0.513. The van der Waals surface area contributed by atoms with Crippen LogP contribution in [0, 0.1) is 0 Å². The molecule has 20 heavy (non-hydrogen) atoms. The van der Waals surface area contributed by atoms with Crippen LogP contribution in [0.1, 0.15) is 5.56 Å². The molecular formula is C15H14ClN3O. The number of aromatic nitrogens is 1. The van der Waals surface area contributed by atoms with E-state index < -0.39 is 0 Å². The van der Waals surface area contributed by atoms with Gasteiger partial charge in [-0.25, -0.2) is 0 Å². The van der Waals surface area contributed by atoms with Gasteiger partial charge in [0.05, 0.1) is 0 Å². The van der Waals surface area contributed by atoms with Crippen molar-refractivity contribution >= 4 is 34.4 Å². The highest BCUT2D eigenvalue weighted by Gasteiger charge is 2.05. The third-order valence-corrected chi connectivity index (χ3v) is 3.27. The molecule has 0 aliphatic rings. The molecule has 0 aliphatic heterocycles. The van der Waals surface area contributed by atoms with E-state index in [0.717, 1.165) is 29.1 Å². The van der Waals surface area contributed by atoms with Crippen molar-refractivity contribution in [2.24, 2.45) is 0 Å². The number of nitrogens with zero attached hydrogens (tertiary/aromatic N) is 1. The largest absolute Gasteiger partial charge is 0.424 e. The molecular weight excluding hydrogens is 274 g/mol. The third kappa shape index (κ3) is 2.86. The van der Waals surface area contributed by atoms with Crippen molar-refractivity contribution in [3.8, 4) is 0 Å². The Morgan fingerprint density at radius 2 is 1.95 bits per heavy atom. The lowest BCUT2D eigenvalue weighted by atomic mass is 10.1. The fourth-order valence-corrected chi connectivity index (χ4v) is 2.11. The average molecular weight is 288 g/mol. The van der Waals surface area contributed by atoms with Crippen LogP contribution in [0.5, 0.6) is 0 Å². The predicted molar refractivity (Wildman–Crippen MR) is 82.1 cm³/mol. The van der Waals surface area contributed by atoms with Gasteiger partial charge in [0.25, 0.3) is 6.01 Å². The Morgan fingerprint density at radius 3 is 2.75 bits per heavy atom. The summed E-state index contributed by atoms with van der Waals surface area (Å²) < 4.78 is 5.58. The highest BCUT2D eigenvalue weighted by Crippen LogP contribution is 2.21. The molecule has 102 valence electrons. The van der Waals surface area contributed by atoms with Crippen molar-refractivity contribution in [3.63, 3.8) is 0 Å². The number of oxazole rings is 1. The van der Waals surface area contributed by atoms with Crippen molar-refractivity contribution in [2.45, 2.75) is 6.42 Å². The van der Waals surface area contributed by atoms with Crippen LogP contribution >= 0.6 is 11.6 Å². The van der Waals surface area contributed by atoms with E-state index in [9.17, 15) is 0 Å². The summed E-state index contributed by atoms with van der Waals surface area (Å²) in [5, 5.41) is 3.91. The minimum Gasteiger partial charge on any atom is -0.424 e. The summed E-state index contributed by atoms with van der Waals surface area (Å²) in [6.45, 7) is 0.740. The van der Waals surface area contributed by atoms with Crippen LogP contribution < -0.4 is 11.1 Å². The zero-order valence-corrected chi connectivity index (χ0v) is 11.5. The zero-order chi connectivity index (χ0) is 13.9. The molecule has 0 saturated heterocycles. The van der Waals surface area contributed by atoms with E-state index in [0.29, 0.717) is 11.7 Å². The maximum atomic E-state index is 5.85. The van der Waals surface area contributed by atoms with Gasteiger partial charge >= 0.3 is 0 Å². The molecule has 2 aromatic carbocycles. The first-order valence-electron chi connectivity index (χ1n) is 6.35. The van der Waals surface area contributed by atoms with Gasteiger partial charge in [-0.05, 0) is 42.3 Å². The van der Waals surface area contributed by atoms with Crippen molar-refractivity contribution in [1.29, 1.82) is 0 Å². The van der Waals surface area contributed by atoms with E-state index >= 15 is 0 Å². The quantitative estimate of drug-likeness (QED) is 0.718. The van der Waals surface area contributed by atoms with E-state index in [-0.39, 0.29) is 0 Å². The summed E-state index contributed by atoms with van der Waals surface area (Å²) in [6.07, 6.45) is 0.873. The van der Waals surface area contributed by atoms with Crippen LogP contribution in [-0.2, 0) is 6.42 Å². The van der Waals surface area contributed by atoms with E-state index in [2.05, 4.69) is 10.3 Å². The molecule has 0 bridgehead atoms. The van der Waals surface area contributed by atoms with Crippen LogP contribution in [0.3, 0.4) is 0 Å². The van der Waals surface area contributed by atoms with E-state index in [1.165, 1.54) is 5.56 Å². The standard InChI is InChI=1S/C15H14ClN3O/c16-11-3-1-10(2-4-11)7-8-18-15-19-13-9-12(17)5-6-14(13)20-15/h1-6,9H,7-8,17H2,(H,18,19). The number of halogens is 1. The topological polar surface area (TPSA) is 64.1 Å². The Morgan fingerprint density at radius 1 is 1.15 bits per heavy atom. The summed E-state index contributed by atoms with van der Waals surface area (Å²) in [6, 6.07) is 13.7. The molecule has 4 nitrogen and oxygen atoms in total. The molecule has 5 heteroatoms. The fraction of sp³-hybridized carbons (Fsp3) is 0.133. The normalized spacial score (nSPS) is 10.8. The number of rotatable bonds is 4. The minimum atomic E-state index is 0.513. The lowest BCUT2D eigenvalue weighted by molar-refractivity contribution is 0.614. The van der Waals surface area contributed by atoms with Crippen molar-refractivity contribution in [3.05, 3.63) is 53.1 Å². The van der Waals surface area contributed by atoms with Crippen molar-refractivity contribution in [2.75, 3.05) is 17.6 Å². The molecule has 0 aliphatic carbocycles. The monoisotopic (exact) mass is 287 g/mol. The summed E-state index contributed by atoms with van der Waals surface area (Å²) in [5.74, 6) is 0. The van der Waals surface area contributed by atoms with Crippen molar-refractivity contribution < 1.29 is 4.42 Å². The number of nitrogens with one attached hydrogen (secondary N) is 1. The Kier molecular flexibility index (Phi) is 3.48.